The van der Waals surface area contributed by atoms with Gasteiger partial charge >= 0.3 is 11.9 Å². The highest BCUT2D eigenvalue weighted by molar-refractivity contribution is 6.27. The third-order valence-electron chi connectivity index (χ3n) is 3.92. The van der Waals surface area contributed by atoms with Crippen LogP contribution in [0.4, 0.5) is 11.5 Å². The maximum Gasteiger partial charge on any atom is 0.414 e. The Kier molecular flexibility index (Phi) is 9.54. The quantitative estimate of drug-likeness (QED) is 0.600. The number of carbonyl (C=O) groups is 3. The first-order valence-electron chi connectivity index (χ1n) is 9.17. The summed E-state index contributed by atoms with van der Waals surface area (Å²) in [5, 5.41) is 18.8. The van der Waals surface area contributed by atoms with Crippen LogP contribution in [0.5, 0.6) is 0 Å². The number of amides is 1. The number of para-hydroxylation sites is 1. The molecule has 0 aliphatic rings. The maximum atomic E-state index is 12.3. The van der Waals surface area contributed by atoms with Crippen LogP contribution in [0.3, 0.4) is 0 Å². The number of nitrogens with zero attached hydrogens (tertiary/aromatic N) is 3. The van der Waals surface area contributed by atoms with Crippen molar-refractivity contribution in [1.82, 2.24) is 9.88 Å². The summed E-state index contributed by atoms with van der Waals surface area (Å²) in [7, 11) is 5.87. The smallest absolute Gasteiger partial charge is 0.414 e. The Hall–Kier alpha value is -3.20. The Morgan fingerprint density at radius 3 is 2.24 bits per heavy atom. The number of pyridine rings is 1. The minimum Gasteiger partial charge on any atom is -0.473 e. The maximum absolute atomic E-state index is 12.3. The minimum atomic E-state index is -1.82. The zero-order chi connectivity index (χ0) is 22.0. The number of hydrogen-bond acceptors (Lipinski definition) is 6. The molecule has 1 aromatic carbocycles. The van der Waals surface area contributed by atoms with Crippen molar-refractivity contribution in [2.75, 3.05) is 44.4 Å². The van der Waals surface area contributed by atoms with Gasteiger partial charge in [0.05, 0.1) is 17.7 Å². The molecule has 158 valence electrons. The van der Waals surface area contributed by atoms with Crippen LogP contribution in [0.1, 0.15) is 19.8 Å². The van der Waals surface area contributed by atoms with Gasteiger partial charge < -0.3 is 20.4 Å². The molecule has 0 aliphatic heterocycles. The van der Waals surface area contributed by atoms with Gasteiger partial charge in [0.15, 0.2) is 0 Å². The molecule has 9 nitrogen and oxygen atoms in total. The number of carboxylic acid groups (broad SMARTS) is 2. The lowest BCUT2D eigenvalue weighted by Gasteiger charge is -2.18. The molecular weight excluding hydrogens is 376 g/mol. The van der Waals surface area contributed by atoms with E-state index in [0.717, 1.165) is 41.8 Å². The summed E-state index contributed by atoms with van der Waals surface area (Å²) in [4.78, 5) is 39.1. The monoisotopic (exact) mass is 404 g/mol. The van der Waals surface area contributed by atoms with Crippen LogP contribution in [0.25, 0.3) is 10.9 Å². The van der Waals surface area contributed by atoms with Gasteiger partial charge in [0.1, 0.15) is 5.82 Å². The largest absolute Gasteiger partial charge is 0.473 e. The molecule has 1 aromatic heterocycles. The summed E-state index contributed by atoms with van der Waals surface area (Å²) in [6.07, 6.45) is 2.24. The van der Waals surface area contributed by atoms with Crippen LogP contribution in [0, 0.1) is 0 Å². The van der Waals surface area contributed by atoms with Crippen LogP contribution in [-0.2, 0) is 14.4 Å². The van der Waals surface area contributed by atoms with Gasteiger partial charge in [-0.3, -0.25) is 9.69 Å². The summed E-state index contributed by atoms with van der Waals surface area (Å²) < 4.78 is 0. The first-order chi connectivity index (χ1) is 13.6. The van der Waals surface area contributed by atoms with Crippen molar-refractivity contribution in [1.29, 1.82) is 0 Å². The van der Waals surface area contributed by atoms with Crippen LogP contribution < -0.4 is 10.2 Å². The van der Waals surface area contributed by atoms with E-state index in [9.17, 15) is 4.79 Å². The molecule has 2 rings (SSSR count). The van der Waals surface area contributed by atoms with Gasteiger partial charge in [0.25, 0.3) is 0 Å². The van der Waals surface area contributed by atoms with Gasteiger partial charge in [-0.05, 0) is 26.1 Å². The van der Waals surface area contributed by atoms with E-state index < -0.39 is 11.9 Å². The number of nitrogens with one attached hydrogen (secondary N) is 1. The number of hydrogen-bond donors (Lipinski definition) is 3. The molecule has 0 atom stereocenters. The standard InChI is InChI=1S/C18H26N4O.C2H2O4/c1-5-6-11-22(4)13-18(23)20-16-12-17(21(2)3)19-15-10-8-7-9-14(15)16;3-1(4)2(5)6/h7-10,12H,5-6,11,13H2,1-4H3,(H,19,20,23);(H,3,4)(H,5,6). The van der Waals surface area contributed by atoms with Crippen molar-refractivity contribution in [3.63, 3.8) is 0 Å². The normalized spacial score (nSPS) is 10.2. The number of fused-ring (bicyclic) bond motifs is 1. The second-order valence-corrected chi connectivity index (χ2v) is 6.69. The van der Waals surface area contributed by atoms with Gasteiger partial charge in [0, 0.05) is 25.5 Å². The number of carbonyl (C=O) groups excluding carboxylic acids is 1. The first kappa shape index (κ1) is 23.8. The van der Waals surface area contributed by atoms with Crippen LogP contribution in [0.15, 0.2) is 30.3 Å². The van der Waals surface area contributed by atoms with Crippen molar-refractivity contribution < 1.29 is 24.6 Å². The Bertz CT molecular complexity index is 842. The predicted molar refractivity (Wildman–Crippen MR) is 112 cm³/mol. The number of aromatic nitrogens is 1. The molecule has 29 heavy (non-hydrogen) atoms. The lowest BCUT2D eigenvalue weighted by molar-refractivity contribution is -0.159. The van der Waals surface area contributed by atoms with E-state index in [-0.39, 0.29) is 5.91 Å². The fourth-order valence-electron chi connectivity index (χ4n) is 2.44. The number of likely N-dealkylation sites (N-methyl/N-ethyl adjacent to an activating group) is 1. The van der Waals surface area contributed by atoms with Crippen molar-refractivity contribution in [3.05, 3.63) is 30.3 Å². The van der Waals surface area contributed by atoms with Gasteiger partial charge in [-0.2, -0.15) is 0 Å². The molecule has 9 heteroatoms. The molecule has 0 radical (unpaired) electrons. The molecule has 0 fully saturated rings. The SMILES string of the molecule is CCCCN(C)CC(=O)Nc1cc(N(C)C)nc2ccccc12.O=C(O)C(=O)O. The van der Waals surface area contributed by atoms with Crippen molar-refractivity contribution in [3.8, 4) is 0 Å². The topological polar surface area (TPSA) is 123 Å². The van der Waals surface area contributed by atoms with E-state index in [1.54, 1.807) is 0 Å². The highest BCUT2D eigenvalue weighted by Crippen LogP contribution is 2.26. The van der Waals surface area contributed by atoms with E-state index in [2.05, 4.69) is 22.1 Å². The van der Waals surface area contributed by atoms with E-state index in [4.69, 9.17) is 19.8 Å². The lowest BCUT2D eigenvalue weighted by atomic mass is 10.1. The van der Waals surface area contributed by atoms with E-state index in [1.165, 1.54) is 0 Å². The van der Waals surface area contributed by atoms with Crippen LogP contribution in [0.2, 0.25) is 0 Å². The molecule has 0 aliphatic carbocycles. The van der Waals surface area contributed by atoms with Gasteiger partial charge in [-0.25, -0.2) is 14.6 Å². The summed E-state index contributed by atoms with van der Waals surface area (Å²) in [5.74, 6) is -2.81. The van der Waals surface area contributed by atoms with Crippen molar-refractivity contribution in [2.45, 2.75) is 19.8 Å². The number of unbranched alkanes of at least 4 members (excludes halogenated alkanes) is 1. The first-order valence-corrected chi connectivity index (χ1v) is 9.17. The van der Waals surface area contributed by atoms with Gasteiger partial charge in [-0.15, -0.1) is 0 Å². The fourth-order valence-corrected chi connectivity index (χ4v) is 2.44. The third-order valence-corrected chi connectivity index (χ3v) is 3.92. The van der Waals surface area contributed by atoms with Crippen molar-refractivity contribution in [2.24, 2.45) is 0 Å². The van der Waals surface area contributed by atoms with E-state index in [1.807, 2.05) is 56.4 Å². The lowest BCUT2D eigenvalue weighted by Crippen LogP contribution is -2.31. The number of rotatable bonds is 7. The molecule has 0 saturated heterocycles. The molecule has 0 bridgehead atoms. The van der Waals surface area contributed by atoms with Crippen LogP contribution >= 0.6 is 0 Å². The van der Waals surface area contributed by atoms with Gasteiger partial charge in [-0.1, -0.05) is 31.5 Å². The number of benzene rings is 1. The Morgan fingerprint density at radius 1 is 1.07 bits per heavy atom. The zero-order valence-electron chi connectivity index (χ0n) is 17.2. The second-order valence-electron chi connectivity index (χ2n) is 6.69. The van der Waals surface area contributed by atoms with E-state index in [0.29, 0.717) is 6.54 Å². The number of aliphatic carboxylic acids is 2. The zero-order valence-corrected chi connectivity index (χ0v) is 17.2. The summed E-state index contributed by atoms with van der Waals surface area (Å²) in [6, 6.07) is 9.79. The Morgan fingerprint density at radius 2 is 1.69 bits per heavy atom. The Balaban J connectivity index is 0.000000612. The highest BCUT2D eigenvalue weighted by Gasteiger charge is 2.11. The molecule has 0 saturated carbocycles. The number of carboxylic acids is 2. The molecule has 0 spiro atoms. The molecule has 1 amide bonds. The van der Waals surface area contributed by atoms with Crippen LogP contribution in [-0.4, -0.2) is 72.2 Å². The summed E-state index contributed by atoms with van der Waals surface area (Å²) in [6.45, 7) is 3.48. The molecule has 3 N–H and O–H groups in total. The van der Waals surface area contributed by atoms with Gasteiger partial charge in [0.2, 0.25) is 5.91 Å². The van der Waals surface area contributed by atoms with Crippen molar-refractivity contribution >= 4 is 40.3 Å². The minimum absolute atomic E-state index is 0.00432. The predicted octanol–water partition coefficient (Wildman–Crippen LogP) is 2.13. The average Bonchev–Trinajstić information content (AvgIpc) is 2.66. The molecule has 2 aromatic rings. The molecule has 1 heterocycles. The molecular formula is C20H28N4O5. The highest BCUT2D eigenvalue weighted by atomic mass is 16.4. The summed E-state index contributed by atoms with van der Waals surface area (Å²) >= 11 is 0. The fraction of sp³-hybridized carbons (Fsp3) is 0.400. The Labute approximate surface area is 169 Å². The molecule has 0 unspecified atom stereocenters. The number of anilines is 2. The summed E-state index contributed by atoms with van der Waals surface area (Å²) in [5.41, 5.74) is 1.70. The average molecular weight is 404 g/mol. The third kappa shape index (κ3) is 8.14. The second kappa shape index (κ2) is 11.6. The van der Waals surface area contributed by atoms with E-state index >= 15 is 0 Å².